The van der Waals surface area contributed by atoms with Gasteiger partial charge >= 0.3 is 5.97 Å². The number of carbonyl (C=O) groups is 2. The Morgan fingerprint density at radius 1 is 1.19 bits per heavy atom. The summed E-state index contributed by atoms with van der Waals surface area (Å²) >= 11 is 0. The predicted molar refractivity (Wildman–Crippen MR) is 106 cm³/mol. The molecule has 0 amide bonds. The predicted octanol–water partition coefficient (Wildman–Crippen LogP) is 4.24. The van der Waals surface area contributed by atoms with Crippen LogP contribution in [0.1, 0.15) is 78.6 Å². The molecule has 2 atom stereocenters. The number of aliphatic hydroxyl groups is 2. The zero-order valence-corrected chi connectivity index (χ0v) is 17.0. The summed E-state index contributed by atoms with van der Waals surface area (Å²) < 4.78 is 0. The molecule has 0 aromatic heterocycles. The van der Waals surface area contributed by atoms with E-state index in [0.29, 0.717) is 12.8 Å². The maximum absolute atomic E-state index is 12.2. The van der Waals surface area contributed by atoms with Crippen LogP contribution in [-0.2, 0) is 9.59 Å². The molecule has 5 nitrogen and oxygen atoms in total. The highest BCUT2D eigenvalue weighted by atomic mass is 16.5. The minimum Gasteiger partial charge on any atom is -0.477 e. The van der Waals surface area contributed by atoms with Gasteiger partial charge in [0.1, 0.15) is 5.78 Å². The number of unbranched alkanes of at least 4 members (excludes halogenated alkanes) is 1. The molecule has 0 heterocycles. The van der Waals surface area contributed by atoms with Crippen molar-refractivity contribution >= 4 is 11.8 Å². The van der Waals surface area contributed by atoms with Gasteiger partial charge < -0.3 is 15.3 Å². The van der Waals surface area contributed by atoms with Gasteiger partial charge in [0.05, 0.1) is 0 Å². The molecule has 0 bridgehead atoms. The number of hydrogen-bond acceptors (Lipinski definition) is 4. The lowest BCUT2D eigenvalue weighted by molar-refractivity contribution is -0.205. The van der Waals surface area contributed by atoms with E-state index in [9.17, 15) is 19.8 Å². The molecule has 0 aromatic rings. The normalized spacial score (nSPS) is 21.6. The van der Waals surface area contributed by atoms with Gasteiger partial charge in [0, 0.05) is 18.8 Å². The second-order valence-corrected chi connectivity index (χ2v) is 8.54. The Kier molecular flexibility index (Phi) is 9.40. The summed E-state index contributed by atoms with van der Waals surface area (Å²) in [7, 11) is 0. The van der Waals surface area contributed by atoms with Gasteiger partial charge in [0.15, 0.2) is 0 Å². The van der Waals surface area contributed by atoms with E-state index in [1.807, 2.05) is 6.08 Å². The second kappa shape index (κ2) is 10.8. The number of carboxylic acids is 1. The molecule has 5 heteroatoms. The number of carbonyl (C=O) groups excluding carboxylic acids is 1. The number of Topliss-reactive ketones (excluding diaryl/α,β-unsaturated/α-hetero) is 1. The van der Waals surface area contributed by atoms with Crippen molar-refractivity contribution in [2.24, 2.45) is 17.3 Å². The van der Waals surface area contributed by atoms with Crippen molar-refractivity contribution < 1.29 is 24.9 Å². The number of carboxylic acid groups (broad SMARTS) is 1. The minimum absolute atomic E-state index is 0.0243. The standard InChI is InChI=1S/C22H36O5/c1-4-5-14-21(2,3)15-9-10-17-12-13-19(23)18(17)11-7-6-8-16-22(26,27)20(24)25/h6-7,9-10,17-18,26-27H,4-5,8,11-16H2,1-3H3,(H,24,25)/b7-6-,10-9+/t17-,18+/m0/s1. The van der Waals surface area contributed by atoms with Crippen LogP contribution in [0.2, 0.25) is 0 Å². The van der Waals surface area contributed by atoms with Crippen LogP contribution in [0.3, 0.4) is 0 Å². The van der Waals surface area contributed by atoms with Crippen LogP contribution in [0.5, 0.6) is 0 Å². The number of ketones is 1. The van der Waals surface area contributed by atoms with Crippen LogP contribution in [-0.4, -0.2) is 32.9 Å². The summed E-state index contributed by atoms with van der Waals surface area (Å²) in [6.07, 6.45) is 14.8. The van der Waals surface area contributed by atoms with Crippen molar-refractivity contribution in [2.75, 3.05) is 0 Å². The van der Waals surface area contributed by atoms with Crippen molar-refractivity contribution in [1.82, 2.24) is 0 Å². The highest BCUT2D eigenvalue weighted by molar-refractivity contribution is 5.83. The highest BCUT2D eigenvalue weighted by Gasteiger charge is 2.33. The van der Waals surface area contributed by atoms with Gasteiger partial charge in [-0.2, -0.15) is 0 Å². The molecular formula is C22H36O5. The third-order valence-corrected chi connectivity index (χ3v) is 5.47. The van der Waals surface area contributed by atoms with Crippen LogP contribution in [0.4, 0.5) is 0 Å². The van der Waals surface area contributed by atoms with Crippen LogP contribution < -0.4 is 0 Å². The van der Waals surface area contributed by atoms with Gasteiger partial charge in [-0.3, -0.25) is 4.79 Å². The summed E-state index contributed by atoms with van der Waals surface area (Å²) in [5.41, 5.74) is 0.287. The Bertz CT molecular complexity index is 545. The fraction of sp³-hybridized carbons (Fsp3) is 0.727. The summed E-state index contributed by atoms with van der Waals surface area (Å²) in [4.78, 5) is 22.8. The monoisotopic (exact) mass is 380 g/mol. The maximum atomic E-state index is 12.2. The second-order valence-electron chi connectivity index (χ2n) is 8.54. The van der Waals surface area contributed by atoms with Gasteiger partial charge in [0.2, 0.25) is 0 Å². The van der Waals surface area contributed by atoms with Crippen LogP contribution in [0.25, 0.3) is 0 Å². The molecule has 1 saturated carbocycles. The molecule has 1 aliphatic rings. The Hall–Kier alpha value is -1.46. The topological polar surface area (TPSA) is 94.8 Å². The third kappa shape index (κ3) is 8.39. The molecule has 0 radical (unpaired) electrons. The molecule has 1 aliphatic carbocycles. The lowest BCUT2D eigenvalue weighted by Crippen LogP contribution is -2.37. The van der Waals surface area contributed by atoms with Crippen molar-refractivity contribution in [3.05, 3.63) is 24.3 Å². The van der Waals surface area contributed by atoms with E-state index in [0.717, 1.165) is 12.8 Å². The summed E-state index contributed by atoms with van der Waals surface area (Å²) in [6.45, 7) is 6.77. The molecule has 154 valence electrons. The summed E-state index contributed by atoms with van der Waals surface area (Å²) in [5, 5.41) is 27.2. The fourth-order valence-corrected chi connectivity index (χ4v) is 3.54. The smallest absolute Gasteiger partial charge is 0.364 e. The van der Waals surface area contributed by atoms with E-state index in [4.69, 9.17) is 5.11 Å². The quantitative estimate of drug-likeness (QED) is 0.348. The number of aliphatic carboxylic acids is 1. The van der Waals surface area contributed by atoms with Crippen molar-refractivity contribution in [1.29, 1.82) is 0 Å². The molecule has 27 heavy (non-hydrogen) atoms. The third-order valence-electron chi connectivity index (χ3n) is 5.47. The highest BCUT2D eigenvalue weighted by Crippen LogP contribution is 2.34. The minimum atomic E-state index is -2.69. The molecule has 0 aliphatic heterocycles. The summed E-state index contributed by atoms with van der Waals surface area (Å²) in [5.74, 6) is -3.82. The van der Waals surface area contributed by atoms with Crippen LogP contribution in [0, 0.1) is 17.3 Å². The molecular weight excluding hydrogens is 344 g/mol. The van der Waals surface area contributed by atoms with Gasteiger partial charge in [0.25, 0.3) is 5.79 Å². The van der Waals surface area contributed by atoms with Crippen molar-refractivity contribution in [2.45, 2.75) is 84.3 Å². The van der Waals surface area contributed by atoms with Crippen molar-refractivity contribution in [3.63, 3.8) is 0 Å². The van der Waals surface area contributed by atoms with Gasteiger partial charge in [-0.1, -0.05) is 57.9 Å². The maximum Gasteiger partial charge on any atom is 0.364 e. The molecule has 1 rings (SSSR count). The van der Waals surface area contributed by atoms with E-state index in [-0.39, 0.29) is 35.9 Å². The average Bonchev–Trinajstić information content (AvgIpc) is 2.92. The Morgan fingerprint density at radius 2 is 1.89 bits per heavy atom. The fourth-order valence-electron chi connectivity index (χ4n) is 3.54. The van der Waals surface area contributed by atoms with Crippen molar-refractivity contribution in [3.8, 4) is 0 Å². The molecule has 0 aromatic carbocycles. The zero-order valence-electron chi connectivity index (χ0n) is 17.0. The summed E-state index contributed by atoms with van der Waals surface area (Å²) in [6, 6.07) is 0. The van der Waals surface area contributed by atoms with Gasteiger partial charge in [-0.25, -0.2) is 4.79 Å². The first-order valence-electron chi connectivity index (χ1n) is 10.1. The average molecular weight is 381 g/mol. The first kappa shape index (κ1) is 23.6. The van der Waals surface area contributed by atoms with Crippen LogP contribution in [0.15, 0.2) is 24.3 Å². The Labute approximate surface area is 163 Å². The number of allylic oxidation sites excluding steroid dienone is 4. The van der Waals surface area contributed by atoms with Crippen LogP contribution >= 0.6 is 0 Å². The zero-order chi connectivity index (χ0) is 20.5. The SMILES string of the molecule is CCCCC(C)(C)C/C=C/[C@H]1CCC(=O)[C@@H]1C/C=C\CCC(O)(O)C(=O)O. The molecule has 0 saturated heterocycles. The van der Waals surface area contributed by atoms with E-state index in [1.54, 1.807) is 6.08 Å². The van der Waals surface area contributed by atoms with E-state index in [1.165, 1.54) is 19.3 Å². The van der Waals surface area contributed by atoms with E-state index in [2.05, 4.69) is 32.9 Å². The molecule has 1 fully saturated rings. The Morgan fingerprint density at radius 3 is 2.52 bits per heavy atom. The lowest BCUT2D eigenvalue weighted by Gasteiger charge is -2.23. The van der Waals surface area contributed by atoms with E-state index >= 15 is 0 Å². The largest absolute Gasteiger partial charge is 0.477 e. The first-order valence-corrected chi connectivity index (χ1v) is 10.1. The number of rotatable bonds is 12. The molecule has 0 spiro atoms. The molecule has 3 N–H and O–H groups in total. The van der Waals surface area contributed by atoms with Gasteiger partial charge in [-0.15, -0.1) is 0 Å². The van der Waals surface area contributed by atoms with Gasteiger partial charge in [-0.05, 0) is 43.4 Å². The first-order chi connectivity index (χ1) is 12.6. The Balaban J connectivity index is 2.49. The van der Waals surface area contributed by atoms with E-state index < -0.39 is 11.8 Å². The number of hydrogen-bond donors (Lipinski definition) is 3. The molecule has 0 unspecified atom stereocenters. The lowest BCUT2D eigenvalue weighted by atomic mass is 9.83.